The zero-order valence-corrected chi connectivity index (χ0v) is 13.1. The van der Waals surface area contributed by atoms with Gasteiger partial charge in [-0.15, -0.1) is 0 Å². The van der Waals surface area contributed by atoms with E-state index in [4.69, 9.17) is 4.74 Å². The number of hydrogen-bond acceptors (Lipinski definition) is 3. The molecule has 0 fully saturated rings. The Labute approximate surface area is 129 Å². The Morgan fingerprint density at radius 1 is 1.14 bits per heavy atom. The monoisotopic (exact) mass is 301 g/mol. The molecule has 0 aromatic heterocycles. The molecule has 0 aliphatic rings. The average molecular weight is 301 g/mol. The molecule has 1 N–H and O–H groups in total. The maximum absolute atomic E-state index is 11.6. The summed E-state index contributed by atoms with van der Waals surface area (Å²) in [7, 11) is 0. The molecule has 21 heavy (non-hydrogen) atoms. The highest BCUT2D eigenvalue weighted by atomic mass is 32.2. The van der Waals surface area contributed by atoms with Crippen molar-refractivity contribution >= 4 is 23.4 Å². The first kappa shape index (κ1) is 15.4. The Kier molecular flexibility index (Phi) is 5.69. The highest BCUT2D eigenvalue weighted by molar-refractivity contribution is 7.98. The molecule has 3 nitrogen and oxygen atoms in total. The third kappa shape index (κ3) is 5.16. The molecule has 4 heteroatoms. The van der Waals surface area contributed by atoms with Crippen LogP contribution in [0.15, 0.2) is 48.5 Å². The van der Waals surface area contributed by atoms with E-state index in [0.29, 0.717) is 6.42 Å². The zero-order valence-electron chi connectivity index (χ0n) is 12.3. The summed E-state index contributed by atoms with van der Waals surface area (Å²) >= 11 is 1.66. The molecule has 0 aliphatic heterocycles. The van der Waals surface area contributed by atoms with Crippen LogP contribution in [0.3, 0.4) is 0 Å². The Balaban J connectivity index is 1.94. The number of carbonyl (C=O) groups excluding carboxylic acids is 1. The van der Waals surface area contributed by atoms with Gasteiger partial charge in [0.25, 0.3) is 0 Å². The summed E-state index contributed by atoms with van der Waals surface area (Å²) in [5, 5.41) is 2.87. The first-order valence-electron chi connectivity index (χ1n) is 6.81. The van der Waals surface area contributed by atoms with E-state index in [1.54, 1.807) is 11.8 Å². The summed E-state index contributed by atoms with van der Waals surface area (Å²) in [5.74, 6) is 2.44. The molecule has 0 bridgehead atoms. The number of rotatable bonds is 6. The Bertz CT molecular complexity index is 596. The minimum Gasteiger partial charge on any atom is -0.457 e. The van der Waals surface area contributed by atoms with Crippen molar-refractivity contribution in [3.05, 3.63) is 54.1 Å². The van der Waals surface area contributed by atoms with E-state index in [2.05, 4.69) is 5.32 Å². The van der Waals surface area contributed by atoms with Crippen LogP contribution >= 0.6 is 11.8 Å². The van der Waals surface area contributed by atoms with Gasteiger partial charge in [0.05, 0.1) is 0 Å². The van der Waals surface area contributed by atoms with E-state index in [9.17, 15) is 4.79 Å². The molecule has 110 valence electrons. The van der Waals surface area contributed by atoms with Gasteiger partial charge in [0.1, 0.15) is 11.5 Å². The quantitative estimate of drug-likeness (QED) is 0.855. The van der Waals surface area contributed by atoms with Gasteiger partial charge in [0.2, 0.25) is 5.91 Å². The van der Waals surface area contributed by atoms with Crippen LogP contribution in [0.4, 0.5) is 5.69 Å². The van der Waals surface area contributed by atoms with E-state index >= 15 is 0 Å². The number of anilines is 1. The van der Waals surface area contributed by atoms with Crippen LogP contribution in [-0.4, -0.2) is 17.9 Å². The second kappa shape index (κ2) is 7.74. The van der Waals surface area contributed by atoms with Gasteiger partial charge in [0, 0.05) is 17.9 Å². The third-order valence-corrected chi connectivity index (χ3v) is 3.51. The van der Waals surface area contributed by atoms with Gasteiger partial charge in [-0.2, -0.15) is 11.8 Å². The fourth-order valence-corrected chi connectivity index (χ4v) is 2.23. The summed E-state index contributed by atoms with van der Waals surface area (Å²) in [6.07, 6.45) is 2.52. The first-order chi connectivity index (χ1) is 10.2. The van der Waals surface area contributed by atoms with Crippen molar-refractivity contribution in [1.82, 2.24) is 0 Å². The number of thioether (sulfide) groups is 1. The Hall–Kier alpha value is -1.94. The number of carbonyl (C=O) groups is 1. The minimum absolute atomic E-state index is 0.0386. The second-order valence-electron chi connectivity index (χ2n) is 4.73. The van der Waals surface area contributed by atoms with E-state index in [-0.39, 0.29) is 5.91 Å². The fraction of sp³-hybridized carbons (Fsp3) is 0.235. The van der Waals surface area contributed by atoms with Crippen molar-refractivity contribution in [2.45, 2.75) is 13.3 Å². The Morgan fingerprint density at radius 3 is 2.57 bits per heavy atom. The smallest absolute Gasteiger partial charge is 0.225 e. The predicted octanol–water partition coefficient (Wildman–Crippen LogP) is 4.48. The van der Waals surface area contributed by atoms with E-state index in [1.807, 2.05) is 61.7 Å². The van der Waals surface area contributed by atoms with E-state index < -0.39 is 0 Å². The molecule has 1 amide bonds. The standard InChI is InChI=1S/C17H19NO2S/c1-13-4-3-5-16(12-13)20-15-8-6-14(7-9-15)18-17(19)10-11-21-2/h3-9,12H,10-11H2,1-2H3,(H,18,19). The normalized spacial score (nSPS) is 10.2. The lowest BCUT2D eigenvalue weighted by Crippen LogP contribution is -2.11. The molecular formula is C17H19NO2S. The summed E-state index contributed by atoms with van der Waals surface area (Å²) < 4.78 is 5.77. The van der Waals surface area contributed by atoms with Crippen LogP contribution in [0.2, 0.25) is 0 Å². The minimum atomic E-state index is 0.0386. The largest absolute Gasteiger partial charge is 0.457 e. The highest BCUT2D eigenvalue weighted by Gasteiger charge is 2.02. The predicted molar refractivity (Wildman–Crippen MR) is 89.3 cm³/mol. The molecular weight excluding hydrogens is 282 g/mol. The lowest BCUT2D eigenvalue weighted by Gasteiger charge is -2.08. The van der Waals surface area contributed by atoms with Crippen LogP contribution in [0.5, 0.6) is 11.5 Å². The SMILES string of the molecule is CSCCC(=O)Nc1ccc(Oc2cccc(C)c2)cc1. The summed E-state index contributed by atoms with van der Waals surface area (Å²) in [5.41, 5.74) is 1.95. The van der Waals surface area contributed by atoms with E-state index in [1.165, 1.54) is 0 Å². The van der Waals surface area contributed by atoms with Crippen molar-refractivity contribution in [1.29, 1.82) is 0 Å². The number of ether oxygens (including phenoxy) is 1. The fourth-order valence-electron chi connectivity index (χ4n) is 1.84. The average Bonchev–Trinajstić information content (AvgIpc) is 2.47. The van der Waals surface area contributed by atoms with Gasteiger partial charge in [-0.3, -0.25) is 4.79 Å². The van der Waals surface area contributed by atoms with Crippen molar-refractivity contribution < 1.29 is 9.53 Å². The molecule has 0 spiro atoms. The van der Waals surface area contributed by atoms with Crippen LogP contribution < -0.4 is 10.1 Å². The van der Waals surface area contributed by atoms with Crippen molar-refractivity contribution in [3.63, 3.8) is 0 Å². The third-order valence-electron chi connectivity index (χ3n) is 2.90. The maximum Gasteiger partial charge on any atom is 0.225 e. The van der Waals surface area contributed by atoms with Crippen molar-refractivity contribution in [2.24, 2.45) is 0 Å². The molecule has 0 atom stereocenters. The van der Waals surface area contributed by atoms with Crippen LogP contribution in [0.25, 0.3) is 0 Å². The lowest BCUT2D eigenvalue weighted by molar-refractivity contribution is -0.115. The van der Waals surface area contributed by atoms with Gasteiger partial charge in [0.15, 0.2) is 0 Å². The second-order valence-corrected chi connectivity index (χ2v) is 5.72. The molecule has 0 radical (unpaired) electrons. The Morgan fingerprint density at radius 2 is 1.90 bits per heavy atom. The van der Waals surface area contributed by atoms with Crippen LogP contribution in [0.1, 0.15) is 12.0 Å². The number of amides is 1. The zero-order chi connectivity index (χ0) is 15.1. The van der Waals surface area contributed by atoms with Gasteiger partial charge in [-0.25, -0.2) is 0 Å². The topological polar surface area (TPSA) is 38.3 Å². The summed E-state index contributed by atoms with van der Waals surface area (Å²) in [6.45, 7) is 2.03. The first-order valence-corrected chi connectivity index (χ1v) is 8.20. The number of benzene rings is 2. The summed E-state index contributed by atoms with van der Waals surface area (Å²) in [4.78, 5) is 11.6. The lowest BCUT2D eigenvalue weighted by atomic mass is 10.2. The van der Waals surface area contributed by atoms with Crippen LogP contribution in [0, 0.1) is 6.92 Å². The van der Waals surface area contributed by atoms with E-state index in [0.717, 1.165) is 28.5 Å². The molecule has 0 unspecified atom stereocenters. The van der Waals surface area contributed by atoms with Gasteiger partial charge >= 0.3 is 0 Å². The van der Waals surface area contributed by atoms with Crippen LogP contribution in [-0.2, 0) is 4.79 Å². The number of aryl methyl sites for hydroxylation is 1. The molecule has 0 saturated heterocycles. The van der Waals surface area contributed by atoms with Crippen molar-refractivity contribution in [3.8, 4) is 11.5 Å². The number of hydrogen-bond donors (Lipinski definition) is 1. The van der Waals surface area contributed by atoms with Gasteiger partial charge in [-0.1, -0.05) is 12.1 Å². The molecule has 0 aliphatic carbocycles. The van der Waals surface area contributed by atoms with Crippen molar-refractivity contribution in [2.75, 3.05) is 17.3 Å². The maximum atomic E-state index is 11.6. The molecule has 2 aromatic rings. The van der Waals surface area contributed by atoms with Gasteiger partial charge < -0.3 is 10.1 Å². The molecule has 0 saturated carbocycles. The van der Waals surface area contributed by atoms with Gasteiger partial charge in [-0.05, 0) is 55.1 Å². The molecule has 0 heterocycles. The summed E-state index contributed by atoms with van der Waals surface area (Å²) in [6, 6.07) is 15.3. The highest BCUT2D eigenvalue weighted by Crippen LogP contribution is 2.23. The molecule has 2 rings (SSSR count). The number of nitrogens with one attached hydrogen (secondary N) is 1. The molecule has 2 aromatic carbocycles.